The van der Waals surface area contributed by atoms with Gasteiger partial charge in [-0.3, -0.25) is 4.99 Å². The highest BCUT2D eigenvalue weighted by molar-refractivity contribution is 6.32. The van der Waals surface area contributed by atoms with Gasteiger partial charge in [-0.25, -0.2) is 4.98 Å². The largest absolute Gasteiger partial charge is 0.364 e. The molecule has 8 heteroatoms. The van der Waals surface area contributed by atoms with E-state index in [0.29, 0.717) is 11.6 Å². The third-order valence-corrected chi connectivity index (χ3v) is 4.01. The van der Waals surface area contributed by atoms with E-state index in [1.54, 1.807) is 19.5 Å². The summed E-state index contributed by atoms with van der Waals surface area (Å²) in [6.07, 6.45) is 4.32. The molecule has 1 aliphatic rings. The SMILES string of the molecule is CN=C(NCc1ccon1)NC1CCN(c2ncccc2Cl)C1. The summed E-state index contributed by atoms with van der Waals surface area (Å²) in [6, 6.07) is 5.81. The number of rotatable bonds is 4. The second-order valence-electron chi connectivity index (χ2n) is 5.30. The van der Waals surface area contributed by atoms with Crippen LogP contribution in [0.4, 0.5) is 5.82 Å². The van der Waals surface area contributed by atoms with Gasteiger partial charge in [0, 0.05) is 38.4 Å². The molecule has 1 unspecified atom stereocenters. The summed E-state index contributed by atoms with van der Waals surface area (Å²) < 4.78 is 4.81. The molecule has 1 aliphatic heterocycles. The maximum Gasteiger partial charge on any atom is 0.191 e. The van der Waals surface area contributed by atoms with E-state index in [9.17, 15) is 0 Å². The Balaban J connectivity index is 1.53. The zero-order valence-electron chi connectivity index (χ0n) is 12.9. The van der Waals surface area contributed by atoms with Crippen LogP contribution in [0.25, 0.3) is 0 Å². The molecule has 2 N–H and O–H groups in total. The number of aliphatic imine (C=N–C) groups is 1. The predicted octanol–water partition coefficient (Wildman–Crippen LogP) is 1.67. The van der Waals surface area contributed by atoms with Crippen LogP contribution in [-0.4, -0.2) is 42.3 Å². The Morgan fingerprint density at radius 2 is 2.43 bits per heavy atom. The number of hydrogen-bond acceptors (Lipinski definition) is 5. The van der Waals surface area contributed by atoms with Crippen LogP contribution in [0.1, 0.15) is 12.1 Å². The summed E-state index contributed by atoms with van der Waals surface area (Å²) >= 11 is 6.22. The lowest BCUT2D eigenvalue weighted by Gasteiger charge is -2.20. The molecule has 122 valence electrons. The van der Waals surface area contributed by atoms with Crippen LogP contribution in [0.5, 0.6) is 0 Å². The van der Waals surface area contributed by atoms with Crippen LogP contribution in [-0.2, 0) is 6.54 Å². The molecule has 0 amide bonds. The van der Waals surface area contributed by atoms with Crippen LogP contribution >= 0.6 is 11.6 Å². The fraction of sp³-hybridized carbons (Fsp3) is 0.400. The highest BCUT2D eigenvalue weighted by Crippen LogP contribution is 2.25. The lowest BCUT2D eigenvalue weighted by atomic mass is 10.3. The monoisotopic (exact) mass is 334 g/mol. The predicted molar refractivity (Wildman–Crippen MR) is 89.7 cm³/mol. The van der Waals surface area contributed by atoms with E-state index in [4.69, 9.17) is 16.1 Å². The maximum absolute atomic E-state index is 6.22. The van der Waals surface area contributed by atoms with Crippen molar-refractivity contribution < 1.29 is 4.52 Å². The molecular weight excluding hydrogens is 316 g/mol. The highest BCUT2D eigenvalue weighted by Gasteiger charge is 2.25. The van der Waals surface area contributed by atoms with E-state index in [2.05, 4.69) is 30.7 Å². The zero-order valence-corrected chi connectivity index (χ0v) is 13.6. The standard InChI is InChI=1S/C15H19ClN6O/c1-17-15(19-9-11-5-8-23-21-11)20-12-4-7-22(10-12)14-13(16)3-2-6-18-14/h2-3,5-6,8,12H,4,7,9-10H2,1H3,(H2,17,19,20). The molecule has 3 rings (SSSR count). The molecule has 2 aromatic rings. The van der Waals surface area contributed by atoms with E-state index >= 15 is 0 Å². The fourth-order valence-corrected chi connectivity index (χ4v) is 2.81. The lowest BCUT2D eigenvalue weighted by Crippen LogP contribution is -2.44. The number of nitrogens with one attached hydrogen (secondary N) is 2. The van der Waals surface area contributed by atoms with Gasteiger partial charge in [-0.2, -0.15) is 0 Å². The summed E-state index contributed by atoms with van der Waals surface area (Å²) in [5, 5.41) is 11.2. The summed E-state index contributed by atoms with van der Waals surface area (Å²) in [7, 11) is 1.75. The second kappa shape index (κ2) is 7.32. The first kappa shape index (κ1) is 15.6. The molecule has 1 saturated heterocycles. The van der Waals surface area contributed by atoms with Crippen LogP contribution in [0.15, 0.2) is 40.2 Å². The summed E-state index contributed by atoms with van der Waals surface area (Å²) in [5.74, 6) is 1.58. The lowest BCUT2D eigenvalue weighted by molar-refractivity contribution is 0.410. The molecule has 0 spiro atoms. The molecule has 0 bridgehead atoms. The molecule has 2 aromatic heterocycles. The number of pyridine rings is 1. The molecule has 0 aromatic carbocycles. The third-order valence-electron chi connectivity index (χ3n) is 3.72. The van der Waals surface area contributed by atoms with Crippen molar-refractivity contribution in [1.82, 2.24) is 20.8 Å². The van der Waals surface area contributed by atoms with Gasteiger partial charge in [0.15, 0.2) is 5.96 Å². The number of anilines is 1. The van der Waals surface area contributed by atoms with Gasteiger partial charge in [0.2, 0.25) is 0 Å². The maximum atomic E-state index is 6.22. The molecule has 1 fully saturated rings. The van der Waals surface area contributed by atoms with E-state index in [1.807, 2.05) is 18.2 Å². The minimum atomic E-state index is 0.289. The summed E-state index contributed by atoms with van der Waals surface area (Å²) in [4.78, 5) is 10.8. The van der Waals surface area contributed by atoms with Crippen molar-refractivity contribution >= 4 is 23.4 Å². The average Bonchev–Trinajstić information content (AvgIpc) is 3.23. The zero-order chi connectivity index (χ0) is 16.1. The third kappa shape index (κ3) is 3.92. The van der Waals surface area contributed by atoms with Crippen LogP contribution in [0.3, 0.4) is 0 Å². The van der Waals surface area contributed by atoms with Crippen LogP contribution in [0.2, 0.25) is 5.02 Å². The Morgan fingerprint density at radius 1 is 1.52 bits per heavy atom. The van der Waals surface area contributed by atoms with Crippen molar-refractivity contribution in [3.8, 4) is 0 Å². The molecule has 7 nitrogen and oxygen atoms in total. The Bertz CT molecular complexity index is 660. The van der Waals surface area contributed by atoms with Gasteiger partial charge in [-0.15, -0.1) is 0 Å². The van der Waals surface area contributed by atoms with Gasteiger partial charge in [-0.1, -0.05) is 16.8 Å². The van der Waals surface area contributed by atoms with E-state index < -0.39 is 0 Å². The minimum absolute atomic E-state index is 0.289. The normalized spacial score (nSPS) is 18.3. The van der Waals surface area contributed by atoms with Gasteiger partial charge >= 0.3 is 0 Å². The first-order chi connectivity index (χ1) is 11.3. The number of nitrogens with zero attached hydrogens (tertiary/aromatic N) is 4. The molecule has 0 aliphatic carbocycles. The average molecular weight is 335 g/mol. The smallest absolute Gasteiger partial charge is 0.191 e. The Morgan fingerprint density at radius 3 is 3.17 bits per heavy atom. The summed E-state index contributed by atoms with van der Waals surface area (Å²) in [5.41, 5.74) is 0.835. The molecule has 0 radical (unpaired) electrons. The van der Waals surface area contributed by atoms with Gasteiger partial charge < -0.3 is 20.1 Å². The van der Waals surface area contributed by atoms with E-state index in [0.717, 1.165) is 37.0 Å². The number of hydrogen-bond donors (Lipinski definition) is 2. The minimum Gasteiger partial charge on any atom is -0.364 e. The first-order valence-electron chi connectivity index (χ1n) is 7.48. The van der Waals surface area contributed by atoms with Crippen LogP contribution < -0.4 is 15.5 Å². The second-order valence-corrected chi connectivity index (χ2v) is 5.71. The number of guanidine groups is 1. The van der Waals surface area contributed by atoms with Gasteiger partial charge in [0.1, 0.15) is 17.8 Å². The highest BCUT2D eigenvalue weighted by atomic mass is 35.5. The van der Waals surface area contributed by atoms with Gasteiger partial charge in [-0.05, 0) is 18.6 Å². The quantitative estimate of drug-likeness (QED) is 0.654. The number of halogens is 1. The van der Waals surface area contributed by atoms with Crippen molar-refractivity contribution in [2.75, 3.05) is 25.0 Å². The molecule has 0 saturated carbocycles. The topological polar surface area (TPSA) is 78.6 Å². The first-order valence-corrected chi connectivity index (χ1v) is 7.86. The van der Waals surface area contributed by atoms with Crippen LogP contribution in [0, 0.1) is 0 Å². The van der Waals surface area contributed by atoms with Gasteiger partial charge in [0.25, 0.3) is 0 Å². The summed E-state index contributed by atoms with van der Waals surface area (Å²) in [6.45, 7) is 2.31. The van der Waals surface area contributed by atoms with Gasteiger partial charge in [0.05, 0.1) is 11.6 Å². The van der Waals surface area contributed by atoms with E-state index in [1.165, 1.54) is 0 Å². The Kier molecular flexibility index (Phi) is 4.97. The van der Waals surface area contributed by atoms with Crippen molar-refractivity contribution in [2.45, 2.75) is 19.0 Å². The molecule has 1 atom stereocenters. The molecule has 23 heavy (non-hydrogen) atoms. The fourth-order valence-electron chi connectivity index (χ4n) is 2.57. The Labute approximate surface area is 139 Å². The Hall–Kier alpha value is -2.28. The van der Waals surface area contributed by atoms with Crippen molar-refractivity contribution in [1.29, 1.82) is 0 Å². The van der Waals surface area contributed by atoms with Crippen molar-refractivity contribution in [3.05, 3.63) is 41.4 Å². The number of aromatic nitrogens is 2. The molecular formula is C15H19ClN6O. The van der Waals surface area contributed by atoms with Crippen molar-refractivity contribution in [3.63, 3.8) is 0 Å². The molecule has 3 heterocycles. The van der Waals surface area contributed by atoms with Crippen molar-refractivity contribution in [2.24, 2.45) is 4.99 Å². The van der Waals surface area contributed by atoms with E-state index in [-0.39, 0.29) is 6.04 Å².